The molecule has 0 radical (unpaired) electrons. The minimum Gasteiger partial charge on any atom is -0.337 e. The normalized spacial score (nSPS) is 22.8. The van der Waals surface area contributed by atoms with Crippen molar-refractivity contribution in [1.82, 2.24) is 29.2 Å². The van der Waals surface area contributed by atoms with E-state index in [1.165, 1.54) is 22.0 Å². The molecule has 0 saturated heterocycles. The highest BCUT2D eigenvalue weighted by Gasteiger charge is 2.58. The van der Waals surface area contributed by atoms with Crippen molar-refractivity contribution in [3.05, 3.63) is 70.1 Å². The highest BCUT2D eigenvalue weighted by atomic mass is 16.5. The van der Waals surface area contributed by atoms with Crippen LogP contribution in [-0.2, 0) is 20.0 Å². The van der Waals surface area contributed by atoms with Gasteiger partial charge in [-0.2, -0.15) is 4.98 Å². The summed E-state index contributed by atoms with van der Waals surface area (Å²) >= 11 is 0. The van der Waals surface area contributed by atoms with E-state index in [0.717, 1.165) is 12.2 Å². The standard InChI is InChI=1S/C19H16N6O2/c1-24-8-20-18-16(24)19(26)25(9-21-18)7-13-22-17(23-27-13)15-12-6-10-4-2-3-5-11(10)14(12)15/h2-5,8-9,12,14-15H,6-7H2,1H3/t12-,14+,15+/m0/s1. The monoisotopic (exact) mass is 360 g/mol. The first-order valence-electron chi connectivity index (χ1n) is 8.97. The van der Waals surface area contributed by atoms with Crippen LogP contribution in [0.2, 0.25) is 0 Å². The maximum atomic E-state index is 12.6. The summed E-state index contributed by atoms with van der Waals surface area (Å²) in [6.07, 6.45) is 4.14. The molecule has 8 nitrogen and oxygen atoms in total. The van der Waals surface area contributed by atoms with E-state index < -0.39 is 0 Å². The molecule has 0 unspecified atom stereocenters. The number of hydrogen-bond donors (Lipinski definition) is 0. The van der Waals surface area contributed by atoms with E-state index >= 15 is 0 Å². The summed E-state index contributed by atoms with van der Waals surface area (Å²) in [6, 6.07) is 8.59. The minimum atomic E-state index is -0.169. The Morgan fingerprint density at radius 3 is 2.96 bits per heavy atom. The van der Waals surface area contributed by atoms with Gasteiger partial charge in [-0.15, -0.1) is 0 Å². The Hall–Kier alpha value is -3.29. The average Bonchev–Trinajstić information content (AvgIpc) is 3.03. The number of aromatic nitrogens is 6. The Balaban J connectivity index is 1.28. The molecule has 0 amide bonds. The van der Waals surface area contributed by atoms with Crippen LogP contribution in [0.1, 0.15) is 34.7 Å². The molecule has 3 aromatic heterocycles. The highest BCUT2D eigenvalue weighted by molar-refractivity contribution is 5.68. The van der Waals surface area contributed by atoms with Crippen molar-refractivity contribution in [3.63, 3.8) is 0 Å². The van der Waals surface area contributed by atoms with E-state index in [4.69, 9.17) is 4.52 Å². The molecule has 27 heavy (non-hydrogen) atoms. The summed E-state index contributed by atoms with van der Waals surface area (Å²) in [5.74, 6) is 2.57. The summed E-state index contributed by atoms with van der Waals surface area (Å²) in [5, 5.41) is 4.19. The lowest BCUT2D eigenvalue weighted by Gasteiger charge is -2.04. The third-order valence-corrected chi connectivity index (χ3v) is 5.83. The largest absolute Gasteiger partial charge is 0.337 e. The number of hydrogen-bond acceptors (Lipinski definition) is 6. The molecule has 0 bridgehead atoms. The van der Waals surface area contributed by atoms with Crippen LogP contribution in [0.3, 0.4) is 0 Å². The first-order chi connectivity index (χ1) is 13.2. The summed E-state index contributed by atoms with van der Waals surface area (Å²) < 4.78 is 8.58. The number of fused-ring (bicyclic) bond motifs is 4. The number of rotatable bonds is 3. The fraction of sp³-hybridized carbons (Fsp3) is 0.316. The molecule has 1 fully saturated rings. The summed E-state index contributed by atoms with van der Waals surface area (Å²) in [5.41, 5.74) is 3.59. The van der Waals surface area contributed by atoms with Gasteiger partial charge in [-0.1, -0.05) is 29.4 Å². The second kappa shape index (κ2) is 5.12. The summed E-state index contributed by atoms with van der Waals surface area (Å²) in [7, 11) is 1.78. The van der Waals surface area contributed by atoms with Crippen molar-refractivity contribution in [3.8, 4) is 0 Å². The van der Waals surface area contributed by atoms with Crippen LogP contribution in [0.15, 0.2) is 46.2 Å². The van der Waals surface area contributed by atoms with Crippen LogP contribution in [-0.4, -0.2) is 29.2 Å². The Morgan fingerprint density at radius 1 is 1.19 bits per heavy atom. The van der Waals surface area contributed by atoms with Crippen molar-refractivity contribution < 1.29 is 4.52 Å². The predicted octanol–water partition coefficient (Wildman–Crippen LogP) is 1.61. The highest BCUT2D eigenvalue weighted by Crippen LogP contribution is 2.65. The van der Waals surface area contributed by atoms with Crippen molar-refractivity contribution in [1.29, 1.82) is 0 Å². The van der Waals surface area contributed by atoms with E-state index in [1.807, 2.05) is 0 Å². The first kappa shape index (κ1) is 14.8. The second-order valence-corrected chi connectivity index (χ2v) is 7.37. The van der Waals surface area contributed by atoms with Gasteiger partial charge < -0.3 is 9.09 Å². The Labute approximate surface area is 153 Å². The van der Waals surface area contributed by atoms with Crippen LogP contribution in [0, 0.1) is 5.92 Å². The Kier molecular flexibility index (Phi) is 2.81. The van der Waals surface area contributed by atoms with Gasteiger partial charge >= 0.3 is 0 Å². The molecule has 1 aromatic carbocycles. The van der Waals surface area contributed by atoms with Gasteiger partial charge in [0, 0.05) is 13.0 Å². The molecule has 0 aliphatic heterocycles. The zero-order valence-electron chi connectivity index (χ0n) is 14.6. The van der Waals surface area contributed by atoms with E-state index in [2.05, 4.69) is 44.4 Å². The van der Waals surface area contributed by atoms with Gasteiger partial charge in [0.25, 0.3) is 5.56 Å². The first-order valence-corrected chi connectivity index (χ1v) is 8.97. The Morgan fingerprint density at radius 2 is 2.04 bits per heavy atom. The summed E-state index contributed by atoms with van der Waals surface area (Å²) in [4.78, 5) is 25.5. The zero-order chi connectivity index (χ0) is 18.1. The summed E-state index contributed by atoms with van der Waals surface area (Å²) in [6.45, 7) is 0.207. The van der Waals surface area contributed by atoms with Crippen molar-refractivity contribution in [2.45, 2.75) is 24.8 Å². The molecule has 4 aromatic rings. The molecule has 3 atom stereocenters. The van der Waals surface area contributed by atoms with E-state index in [9.17, 15) is 4.79 Å². The molecule has 0 spiro atoms. The quantitative estimate of drug-likeness (QED) is 0.551. The second-order valence-electron chi connectivity index (χ2n) is 7.37. The molecule has 8 heteroatoms. The van der Waals surface area contributed by atoms with Gasteiger partial charge in [0.2, 0.25) is 5.89 Å². The lowest BCUT2D eigenvalue weighted by atomic mass is 10.0. The van der Waals surface area contributed by atoms with Crippen LogP contribution >= 0.6 is 0 Å². The SMILES string of the molecule is Cn1cnc2ncn(Cc3nc([C@@H]4[C@H]5Cc6ccccc6[C@H]54)no3)c(=O)c21. The Bertz CT molecular complexity index is 1250. The lowest BCUT2D eigenvalue weighted by molar-refractivity contribution is 0.364. The number of imidazole rings is 1. The minimum absolute atomic E-state index is 0.169. The molecule has 134 valence electrons. The number of benzene rings is 1. The van der Waals surface area contributed by atoms with Crippen LogP contribution < -0.4 is 5.56 Å². The van der Waals surface area contributed by atoms with Gasteiger partial charge in [-0.05, 0) is 29.4 Å². The van der Waals surface area contributed by atoms with E-state index in [1.54, 1.807) is 17.9 Å². The van der Waals surface area contributed by atoms with Gasteiger partial charge in [0.15, 0.2) is 17.0 Å². The molecule has 1 saturated carbocycles. The average molecular weight is 360 g/mol. The predicted molar refractivity (Wildman–Crippen MR) is 95.3 cm³/mol. The van der Waals surface area contributed by atoms with Crippen molar-refractivity contribution in [2.75, 3.05) is 0 Å². The third-order valence-electron chi connectivity index (χ3n) is 5.83. The fourth-order valence-corrected chi connectivity index (χ4v) is 4.50. The molecular formula is C19H16N6O2. The smallest absolute Gasteiger partial charge is 0.280 e. The van der Waals surface area contributed by atoms with Gasteiger partial charge in [0.1, 0.15) is 12.9 Å². The van der Waals surface area contributed by atoms with E-state index in [-0.39, 0.29) is 12.1 Å². The maximum Gasteiger partial charge on any atom is 0.280 e. The number of aryl methyl sites for hydroxylation is 1. The maximum absolute atomic E-state index is 12.6. The van der Waals surface area contributed by atoms with Gasteiger partial charge in [0.05, 0.1) is 6.33 Å². The molecular weight excluding hydrogens is 344 g/mol. The molecule has 6 rings (SSSR count). The van der Waals surface area contributed by atoms with Crippen LogP contribution in [0.5, 0.6) is 0 Å². The van der Waals surface area contributed by atoms with Crippen molar-refractivity contribution in [2.24, 2.45) is 13.0 Å². The van der Waals surface area contributed by atoms with Crippen LogP contribution in [0.25, 0.3) is 11.2 Å². The fourth-order valence-electron chi connectivity index (χ4n) is 4.50. The number of nitrogens with zero attached hydrogens (tertiary/aromatic N) is 6. The third kappa shape index (κ3) is 2.06. The molecule has 3 heterocycles. The molecule has 2 aliphatic rings. The van der Waals surface area contributed by atoms with Gasteiger partial charge in [-0.3, -0.25) is 9.36 Å². The molecule has 0 N–H and O–H groups in total. The lowest BCUT2D eigenvalue weighted by Crippen LogP contribution is -2.22. The topological polar surface area (TPSA) is 91.6 Å². The van der Waals surface area contributed by atoms with Crippen molar-refractivity contribution >= 4 is 11.2 Å². The zero-order valence-corrected chi connectivity index (χ0v) is 14.6. The van der Waals surface area contributed by atoms with Gasteiger partial charge in [-0.25, -0.2) is 9.97 Å². The molecule has 2 aliphatic carbocycles. The van der Waals surface area contributed by atoms with Crippen LogP contribution in [0.4, 0.5) is 0 Å². The van der Waals surface area contributed by atoms with E-state index in [0.29, 0.717) is 34.8 Å².